The normalized spacial score (nSPS) is 15.7. The number of ether oxygens (including phenoxy) is 3. The van der Waals surface area contributed by atoms with E-state index in [-0.39, 0.29) is 17.1 Å². The van der Waals surface area contributed by atoms with Crippen LogP contribution in [0.3, 0.4) is 0 Å². The van der Waals surface area contributed by atoms with E-state index < -0.39 is 5.97 Å². The van der Waals surface area contributed by atoms with Gasteiger partial charge >= 0.3 is 5.97 Å². The van der Waals surface area contributed by atoms with Crippen LogP contribution in [0, 0.1) is 0 Å². The van der Waals surface area contributed by atoms with Crippen LogP contribution >= 0.6 is 0 Å². The second-order valence-corrected chi connectivity index (χ2v) is 8.29. The molecule has 2 aromatic rings. The van der Waals surface area contributed by atoms with Crippen LogP contribution in [0.4, 0.5) is 0 Å². The quantitative estimate of drug-likeness (QED) is 0.354. The first kappa shape index (κ1) is 26.0. The molecular formula is C27H33N3O5. The van der Waals surface area contributed by atoms with E-state index in [0.717, 1.165) is 18.7 Å². The zero-order chi connectivity index (χ0) is 25.4. The van der Waals surface area contributed by atoms with Crippen LogP contribution in [0.1, 0.15) is 18.1 Å². The van der Waals surface area contributed by atoms with Crippen LogP contribution in [-0.2, 0) is 14.3 Å². The van der Waals surface area contributed by atoms with Gasteiger partial charge in [-0.1, -0.05) is 30.3 Å². The van der Waals surface area contributed by atoms with Crippen molar-refractivity contribution in [3.05, 3.63) is 70.8 Å². The molecule has 1 saturated heterocycles. The monoisotopic (exact) mass is 479 g/mol. The molecule has 1 N–H and O–H groups in total. The lowest BCUT2D eigenvalue weighted by Crippen LogP contribution is -2.53. The van der Waals surface area contributed by atoms with Gasteiger partial charge in [-0.3, -0.25) is 10.2 Å². The summed E-state index contributed by atoms with van der Waals surface area (Å²) < 4.78 is 15.9. The van der Waals surface area contributed by atoms with Crippen LogP contribution in [0.25, 0.3) is 11.6 Å². The summed E-state index contributed by atoms with van der Waals surface area (Å²) in [6.07, 6.45) is 1.71. The highest BCUT2D eigenvalue weighted by molar-refractivity contribution is 6.16. The van der Waals surface area contributed by atoms with Gasteiger partial charge < -0.3 is 19.1 Å². The number of piperazine rings is 1. The first-order valence-corrected chi connectivity index (χ1v) is 11.4. The number of allylic oxidation sites excluding steroid dienone is 1. The molecule has 35 heavy (non-hydrogen) atoms. The summed E-state index contributed by atoms with van der Waals surface area (Å²) in [7, 11) is 6.47. The van der Waals surface area contributed by atoms with E-state index in [9.17, 15) is 9.59 Å². The summed E-state index contributed by atoms with van der Waals surface area (Å²) in [6, 6.07) is 14.7. The number of methoxy groups -OCH3 is 3. The van der Waals surface area contributed by atoms with E-state index in [1.54, 1.807) is 45.4 Å². The summed E-state index contributed by atoms with van der Waals surface area (Å²) in [5.74, 6) is 0.143. The number of benzene rings is 2. The van der Waals surface area contributed by atoms with Crippen molar-refractivity contribution in [2.24, 2.45) is 0 Å². The molecule has 2 aromatic carbocycles. The summed E-state index contributed by atoms with van der Waals surface area (Å²) in [5, 5.41) is 1.87. The Morgan fingerprint density at radius 3 is 2.06 bits per heavy atom. The molecule has 0 bridgehead atoms. The lowest BCUT2D eigenvalue weighted by atomic mass is 9.93. The standard InChI is InChI=1S/C27H33N3O5/c1-19(21-16-22(33-3)18-23(17-21)34-4)25(27(32)35-5)24(15-20-9-7-6-8-10-20)26(31)28-30-13-11-29(2)12-14-30/h6-10,15-18H,11-14H2,1-5H3,(H,28,31)/b24-15-,25-19+. The van der Waals surface area contributed by atoms with Gasteiger partial charge in [0.15, 0.2) is 0 Å². The minimum atomic E-state index is -0.611. The maximum atomic E-state index is 13.6. The number of hydrazine groups is 1. The van der Waals surface area contributed by atoms with Crippen molar-refractivity contribution in [3.8, 4) is 11.5 Å². The van der Waals surface area contributed by atoms with E-state index in [0.29, 0.717) is 35.7 Å². The molecular weight excluding hydrogens is 446 g/mol. The fourth-order valence-electron chi connectivity index (χ4n) is 3.82. The number of amides is 1. The van der Waals surface area contributed by atoms with Gasteiger partial charge in [-0.15, -0.1) is 0 Å². The van der Waals surface area contributed by atoms with Crippen molar-refractivity contribution in [2.75, 3.05) is 54.6 Å². The predicted molar refractivity (Wildman–Crippen MR) is 136 cm³/mol. The summed E-state index contributed by atoms with van der Waals surface area (Å²) in [5.41, 5.74) is 5.37. The van der Waals surface area contributed by atoms with E-state index in [1.807, 2.05) is 42.4 Å². The second kappa shape index (κ2) is 12.2. The number of hydrogen-bond acceptors (Lipinski definition) is 7. The van der Waals surface area contributed by atoms with E-state index in [4.69, 9.17) is 14.2 Å². The molecule has 3 rings (SSSR count). The smallest absolute Gasteiger partial charge is 0.338 e. The van der Waals surface area contributed by atoms with Gasteiger partial charge in [0.2, 0.25) is 0 Å². The molecule has 8 nitrogen and oxygen atoms in total. The van der Waals surface area contributed by atoms with Crippen LogP contribution in [-0.4, -0.2) is 76.3 Å². The third kappa shape index (κ3) is 6.71. The highest BCUT2D eigenvalue weighted by atomic mass is 16.5. The Morgan fingerprint density at radius 1 is 0.914 bits per heavy atom. The van der Waals surface area contributed by atoms with Gasteiger partial charge in [-0.25, -0.2) is 9.80 Å². The Labute approximate surface area is 206 Å². The molecule has 8 heteroatoms. The third-order valence-corrected chi connectivity index (χ3v) is 5.94. The Bertz CT molecular complexity index is 1080. The number of carbonyl (C=O) groups excluding carboxylic acids is 2. The molecule has 0 atom stereocenters. The Hall–Kier alpha value is -3.62. The Kier molecular flexibility index (Phi) is 9.05. The van der Waals surface area contributed by atoms with Crippen LogP contribution in [0.2, 0.25) is 0 Å². The van der Waals surface area contributed by atoms with Crippen LogP contribution in [0.5, 0.6) is 11.5 Å². The summed E-state index contributed by atoms with van der Waals surface area (Å²) in [4.78, 5) is 28.9. The maximum absolute atomic E-state index is 13.6. The molecule has 0 aromatic heterocycles. The molecule has 186 valence electrons. The molecule has 1 fully saturated rings. The molecule has 1 aliphatic rings. The maximum Gasteiger partial charge on any atom is 0.338 e. The molecule has 1 heterocycles. The van der Waals surface area contributed by atoms with E-state index in [1.165, 1.54) is 7.11 Å². The highest BCUT2D eigenvalue weighted by Crippen LogP contribution is 2.32. The lowest BCUT2D eigenvalue weighted by molar-refractivity contribution is -0.136. The van der Waals surface area contributed by atoms with Gasteiger partial charge in [0.25, 0.3) is 5.91 Å². The number of esters is 1. The van der Waals surface area contributed by atoms with E-state index in [2.05, 4.69) is 10.3 Å². The Morgan fingerprint density at radius 2 is 1.51 bits per heavy atom. The minimum absolute atomic E-state index is 0.165. The van der Waals surface area contributed by atoms with Crippen LogP contribution < -0.4 is 14.9 Å². The second-order valence-electron chi connectivity index (χ2n) is 8.29. The first-order valence-electron chi connectivity index (χ1n) is 11.4. The van der Waals surface area contributed by atoms with Gasteiger partial charge in [0, 0.05) is 32.2 Å². The Balaban J connectivity index is 2.13. The summed E-state index contributed by atoms with van der Waals surface area (Å²) >= 11 is 0. The van der Waals surface area contributed by atoms with E-state index >= 15 is 0 Å². The van der Waals surface area contributed by atoms with Crippen molar-refractivity contribution in [1.29, 1.82) is 0 Å². The lowest BCUT2D eigenvalue weighted by Gasteiger charge is -2.32. The fourth-order valence-corrected chi connectivity index (χ4v) is 3.82. The highest BCUT2D eigenvalue weighted by Gasteiger charge is 2.27. The van der Waals surface area contributed by atoms with Crippen molar-refractivity contribution in [2.45, 2.75) is 6.92 Å². The number of rotatable bonds is 8. The zero-order valence-corrected chi connectivity index (χ0v) is 21.0. The molecule has 0 radical (unpaired) electrons. The number of hydrogen-bond donors (Lipinski definition) is 1. The molecule has 0 aliphatic carbocycles. The van der Waals surface area contributed by atoms with Crippen molar-refractivity contribution in [1.82, 2.24) is 15.3 Å². The number of nitrogens with zero attached hydrogens (tertiary/aromatic N) is 2. The van der Waals surface area contributed by atoms with Gasteiger partial charge in [0.05, 0.1) is 32.5 Å². The zero-order valence-electron chi connectivity index (χ0n) is 21.0. The topological polar surface area (TPSA) is 80.3 Å². The first-order chi connectivity index (χ1) is 16.9. The number of nitrogens with one attached hydrogen (secondary N) is 1. The van der Waals surface area contributed by atoms with Crippen LogP contribution in [0.15, 0.2) is 59.7 Å². The largest absolute Gasteiger partial charge is 0.497 e. The average Bonchev–Trinajstić information content (AvgIpc) is 2.89. The molecule has 1 aliphatic heterocycles. The average molecular weight is 480 g/mol. The molecule has 1 amide bonds. The van der Waals surface area contributed by atoms with Gasteiger partial charge in [0.1, 0.15) is 11.5 Å². The fraction of sp³-hybridized carbons (Fsp3) is 0.333. The van der Waals surface area contributed by atoms with Crippen molar-refractivity contribution in [3.63, 3.8) is 0 Å². The van der Waals surface area contributed by atoms with Gasteiger partial charge in [-0.05, 0) is 48.9 Å². The number of likely N-dealkylation sites (N-methyl/N-ethyl adjacent to an activating group) is 1. The minimum Gasteiger partial charge on any atom is -0.497 e. The third-order valence-electron chi connectivity index (χ3n) is 5.94. The van der Waals surface area contributed by atoms with Crippen molar-refractivity contribution < 1.29 is 23.8 Å². The SMILES string of the molecule is COC(=O)C(/C(=C/c1ccccc1)C(=O)NN1CCN(C)CC1)=C(\C)c1cc(OC)cc(OC)c1. The predicted octanol–water partition coefficient (Wildman–Crippen LogP) is 3.01. The molecule has 0 unspecified atom stereocenters. The summed E-state index contributed by atoms with van der Waals surface area (Å²) in [6.45, 7) is 4.82. The molecule has 0 spiro atoms. The van der Waals surface area contributed by atoms with Gasteiger partial charge in [-0.2, -0.15) is 0 Å². The number of carbonyl (C=O) groups is 2. The van der Waals surface area contributed by atoms with Crippen molar-refractivity contribution >= 4 is 23.5 Å². The molecule has 0 saturated carbocycles.